The van der Waals surface area contributed by atoms with Crippen LogP contribution in [-0.4, -0.2) is 60.0 Å². The average molecular weight is 671 g/mol. The number of benzene rings is 2. The van der Waals surface area contributed by atoms with Crippen molar-refractivity contribution in [1.82, 2.24) is 15.3 Å². The van der Waals surface area contributed by atoms with Crippen molar-refractivity contribution in [2.45, 2.75) is 23.4 Å². The van der Waals surface area contributed by atoms with E-state index in [0.717, 1.165) is 43.5 Å². The number of nitrogens with two attached hydrogens (primary N) is 1. The first-order chi connectivity index (χ1) is 21.9. The van der Waals surface area contributed by atoms with Gasteiger partial charge in [-0.1, -0.05) is 0 Å². The molecule has 2 amide bonds. The number of halogens is 8. The maximum atomic E-state index is 14.7. The van der Waals surface area contributed by atoms with Gasteiger partial charge in [0.25, 0.3) is 5.91 Å². The van der Waals surface area contributed by atoms with Gasteiger partial charge in [0.15, 0.2) is 0 Å². The summed E-state index contributed by atoms with van der Waals surface area (Å²) in [6, 6.07) is 7.33. The number of alkyl halides is 7. The molecule has 1 aliphatic heterocycles. The number of rotatable bonds is 8. The Balaban J connectivity index is 1.60. The molecule has 9 nitrogen and oxygen atoms in total. The van der Waals surface area contributed by atoms with Gasteiger partial charge in [-0.3, -0.25) is 14.6 Å². The predicted molar refractivity (Wildman–Crippen MR) is 148 cm³/mol. The highest BCUT2D eigenvalue weighted by Gasteiger charge is 2.58. The molecule has 0 unspecified atom stereocenters. The molecule has 0 saturated carbocycles. The van der Waals surface area contributed by atoms with E-state index in [1.807, 2.05) is 5.32 Å². The van der Waals surface area contributed by atoms with Crippen LogP contribution in [-0.2, 0) is 22.0 Å². The zero-order valence-electron chi connectivity index (χ0n) is 23.9. The number of pyridine rings is 2. The van der Waals surface area contributed by atoms with Gasteiger partial charge < -0.3 is 25.6 Å². The summed E-state index contributed by atoms with van der Waals surface area (Å²) in [7, 11) is 1.13. The fourth-order valence-electron chi connectivity index (χ4n) is 5.01. The Labute approximate surface area is 259 Å². The van der Waals surface area contributed by atoms with Gasteiger partial charge in [-0.15, -0.1) is 0 Å². The van der Waals surface area contributed by atoms with Gasteiger partial charge in [-0.2, -0.15) is 26.3 Å². The number of nitrogens with one attached hydrogen (secondary N) is 1. The molecule has 47 heavy (non-hydrogen) atoms. The maximum Gasteiger partial charge on any atom is 0.424 e. The quantitative estimate of drug-likeness (QED) is 0.231. The monoisotopic (exact) mass is 670 g/mol. The van der Waals surface area contributed by atoms with E-state index in [1.165, 1.54) is 0 Å². The van der Waals surface area contributed by atoms with Gasteiger partial charge in [0.1, 0.15) is 47.2 Å². The minimum atomic E-state index is -5.58. The molecule has 0 radical (unpaired) electrons. The number of aromatic nitrogens is 2. The second-order valence-electron chi connectivity index (χ2n) is 10.6. The number of ether oxygens (including phenoxy) is 2. The van der Waals surface area contributed by atoms with Crippen molar-refractivity contribution in [2.24, 2.45) is 5.73 Å². The maximum absolute atomic E-state index is 14.7. The molecule has 0 bridgehead atoms. The number of carbonyl (C=O) groups excluding carboxylic acids is 2. The molecule has 4 aromatic rings. The lowest BCUT2D eigenvalue weighted by Gasteiger charge is -2.31. The highest BCUT2D eigenvalue weighted by molar-refractivity contribution is 6.00. The van der Waals surface area contributed by atoms with Gasteiger partial charge in [-0.25, -0.2) is 13.8 Å². The first-order valence-electron chi connectivity index (χ1n) is 13.4. The molecule has 1 aliphatic rings. The van der Waals surface area contributed by atoms with Crippen LogP contribution >= 0.6 is 0 Å². The van der Waals surface area contributed by atoms with E-state index in [9.17, 15) is 49.8 Å². The normalized spacial score (nSPS) is 17.5. The molecule has 0 aliphatic carbocycles. The fraction of sp³-hybridized carbons (Fsp3) is 0.267. The fourth-order valence-corrected chi connectivity index (χ4v) is 5.01. The van der Waals surface area contributed by atoms with Gasteiger partial charge in [0.05, 0.1) is 24.9 Å². The van der Waals surface area contributed by atoms with Crippen LogP contribution in [0.4, 0.5) is 35.1 Å². The second kappa shape index (κ2) is 11.6. The lowest BCUT2D eigenvalue weighted by atomic mass is 9.81. The number of carbonyl (C=O) groups is 2. The number of primary amides is 1. The van der Waals surface area contributed by atoms with Crippen LogP contribution in [0, 0.1) is 5.82 Å². The van der Waals surface area contributed by atoms with Crippen LogP contribution < -0.4 is 20.5 Å². The molecule has 2 aromatic heterocycles. The van der Waals surface area contributed by atoms with Crippen molar-refractivity contribution < 1.29 is 59.3 Å². The minimum absolute atomic E-state index is 0.0349. The van der Waals surface area contributed by atoms with Gasteiger partial charge in [-0.05, 0) is 48.5 Å². The summed E-state index contributed by atoms with van der Waals surface area (Å²) in [5.41, 5.74) is -4.70. The van der Waals surface area contributed by atoms with E-state index >= 15 is 0 Å². The summed E-state index contributed by atoms with van der Waals surface area (Å²) >= 11 is 0. The van der Waals surface area contributed by atoms with Crippen LogP contribution in [0.3, 0.4) is 0 Å². The second-order valence-corrected chi connectivity index (χ2v) is 10.6. The van der Waals surface area contributed by atoms with Crippen molar-refractivity contribution in [3.63, 3.8) is 0 Å². The van der Waals surface area contributed by atoms with E-state index in [2.05, 4.69) is 9.97 Å². The van der Waals surface area contributed by atoms with Gasteiger partial charge >= 0.3 is 12.4 Å². The minimum Gasteiger partial charge on any atom is -0.494 e. The smallest absolute Gasteiger partial charge is 0.424 e. The molecule has 248 valence electrons. The SMILES string of the molecule is COc1cc(C(=O)NC[C@](O)(c2cc3c(c(-c4ccc(F)cc4)n2)OC[C@@]3(CF)C(N)=O)C(F)(F)F)cc2cc(C(F)(F)F)cnc12. The third kappa shape index (κ3) is 5.75. The lowest BCUT2D eigenvalue weighted by molar-refractivity contribution is -0.265. The predicted octanol–water partition coefficient (Wildman–Crippen LogP) is 4.73. The number of hydrogen-bond donors (Lipinski definition) is 3. The lowest BCUT2D eigenvalue weighted by Crippen LogP contribution is -2.52. The highest BCUT2D eigenvalue weighted by atomic mass is 19.4. The Morgan fingerprint density at radius 2 is 1.77 bits per heavy atom. The number of nitrogens with zero attached hydrogens (tertiary/aromatic N) is 2. The summed E-state index contributed by atoms with van der Waals surface area (Å²) in [6.07, 6.45) is -9.84. The molecule has 4 N–H and O–H groups in total. The molecule has 3 heterocycles. The first-order valence-corrected chi connectivity index (χ1v) is 13.4. The Bertz CT molecular complexity index is 1880. The van der Waals surface area contributed by atoms with Crippen LogP contribution in [0.1, 0.15) is 27.2 Å². The Kier molecular flexibility index (Phi) is 8.24. The van der Waals surface area contributed by atoms with Crippen LogP contribution in [0.5, 0.6) is 11.5 Å². The van der Waals surface area contributed by atoms with E-state index < -0.39 is 88.9 Å². The van der Waals surface area contributed by atoms with Crippen molar-refractivity contribution >= 4 is 22.7 Å². The average Bonchev–Trinajstić information content (AvgIpc) is 3.41. The Morgan fingerprint density at radius 3 is 2.34 bits per heavy atom. The van der Waals surface area contributed by atoms with E-state index in [4.69, 9.17) is 15.2 Å². The van der Waals surface area contributed by atoms with Crippen molar-refractivity contribution in [1.29, 1.82) is 0 Å². The molecule has 2 aromatic carbocycles. The van der Waals surface area contributed by atoms with E-state index in [0.29, 0.717) is 18.3 Å². The van der Waals surface area contributed by atoms with E-state index in [-0.39, 0.29) is 28.0 Å². The first kappa shape index (κ1) is 33.3. The van der Waals surface area contributed by atoms with Gasteiger partial charge in [0, 0.05) is 28.3 Å². The zero-order valence-corrected chi connectivity index (χ0v) is 23.9. The number of fused-ring (bicyclic) bond motifs is 2. The third-order valence-corrected chi connectivity index (χ3v) is 7.72. The number of aliphatic hydroxyl groups is 1. The number of hydrogen-bond acceptors (Lipinski definition) is 7. The zero-order chi connectivity index (χ0) is 34.5. The Morgan fingerprint density at radius 1 is 1.09 bits per heavy atom. The molecule has 17 heteroatoms. The van der Waals surface area contributed by atoms with Crippen molar-refractivity contribution in [3.8, 4) is 22.8 Å². The molecule has 0 fully saturated rings. The molecular weight excluding hydrogens is 648 g/mol. The molecular formula is C30H22F8N4O5. The molecule has 5 rings (SSSR count). The highest BCUT2D eigenvalue weighted by Crippen LogP contribution is 2.48. The summed E-state index contributed by atoms with van der Waals surface area (Å²) in [5, 5.41) is 12.8. The summed E-state index contributed by atoms with van der Waals surface area (Å²) < 4.78 is 122. The third-order valence-electron chi connectivity index (χ3n) is 7.72. The summed E-state index contributed by atoms with van der Waals surface area (Å²) in [5.74, 6) is -3.80. The molecule has 0 spiro atoms. The van der Waals surface area contributed by atoms with Crippen LogP contribution in [0.15, 0.2) is 54.7 Å². The largest absolute Gasteiger partial charge is 0.494 e. The number of methoxy groups -OCH3 is 1. The Hall–Kier alpha value is -5.06. The van der Waals surface area contributed by atoms with Crippen molar-refractivity contribution in [2.75, 3.05) is 26.9 Å². The van der Waals surface area contributed by atoms with Crippen LogP contribution in [0.2, 0.25) is 0 Å². The van der Waals surface area contributed by atoms with Crippen molar-refractivity contribution in [3.05, 3.63) is 82.9 Å². The molecule has 0 saturated heterocycles. The summed E-state index contributed by atoms with van der Waals surface area (Å²) in [4.78, 5) is 33.1. The summed E-state index contributed by atoms with van der Waals surface area (Å²) in [6.45, 7) is -3.84. The topological polar surface area (TPSA) is 137 Å². The van der Waals surface area contributed by atoms with E-state index in [1.54, 1.807) is 0 Å². The molecule has 2 atom stereocenters. The van der Waals surface area contributed by atoms with Gasteiger partial charge in [0.2, 0.25) is 11.5 Å². The number of amides is 2. The van der Waals surface area contributed by atoms with Crippen LogP contribution in [0.25, 0.3) is 22.2 Å². The standard InChI is InChI=1S/C30H22F8N4O5/c1-46-20-8-16(6-15-7-17(29(33,34)35)10-40-22(15)20)25(43)41-12-28(45,30(36,37)38)21-9-19-24(47-13-27(19,11-31)26(39)44)23(42-21)14-2-4-18(32)5-3-14/h2-10,45H,11-13H2,1H3,(H2,39,44)(H,41,43)/t27-,28+/m1/s1.